The van der Waals surface area contributed by atoms with Gasteiger partial charge in [0.05, 0.1) is 1.37 Å². The largest absolute Gasteiger partial charge is 0.456 e. The van der Waals surface area contributed by atoms with Gasteiger partial charge in [-0.2, -0.15) is 0 Å². The van der Waals surface area contributed by atoms with E-state index in [1.807, 2.05) is 30.3 Å². The van der Waals surface area contributed by atoms with Crippen LogP contribution in [0.3, 0.4) is 0 Å². The number of rotatable bonds is 2. The van der Waals surface area contributed by atoms with Crippen molar-refractivity contribution in [2.75, 3.05) is 0 Å². The molecule has 0 bridgehead atoms. The Labute approximate surface area is 216 Å². The van der Waals surface area contributed by atoms with Gasteiger partial charge in [-0.3, -0.25) is 0 Å². The molecule has 1 aliphatic heterocycles. The Hall–Kier alpha value is -4.88. The van der Waals surface area contributed by atoms with Crippen molar-refractivity contribution in [3.05, 3.63) is 133 Å². The van der Waals surface area contributed by atoms with Crippen molar-refractivity contribution in [1.82, 2.24) is 0 Å². The van der Waals surface area contributed by atoms with Gasteiger partial charge in [0, 0.05) is 10.9 Å². The Bertz CT molecular complexity index is 2050. The molecule has 0 saturated carbocycles. The van der Waals surface area contributed by atoms with Crippen LogP contribution >= 0.6 is 0 Å². The van der Waals surface area contributed by atoms with Crippen molar-refractivity contribution in [2.45, 2.75) is 0 Å². The summed E-state index contributed by atoms with van der Waals surface area (Å²) in [5.41, 5.74) is 6.80. The van der Waals surface area contributed by atoms with E-state index in [9.17, 15) is 0 Å². The molecule has 1 nitrogen and oxygen atoms in total. The van der Waals surface area contributed by atoms with Crippen LogP contribution < -0.4 is 4.74 Å². The first-order chi connectivity index (χ1) is 18.8. The van der Waals surface area contributed by atoms with Crippen molar-refractivity contribution >= 4 is 32.3 Å². The fraction of sp³-hybridized carbons (Fsp3) is 0. The second-order valence-corrected chi connectivity index (χ2v) is 9.59. The molecule has 0 N–H and O–H groups in total. The summed E-state index contributed by atoms with van der Waals surface area (Å²) in [6.07, 6.45) is 0. The van der Waals surface area contributed by atoms with Crippen LogP contribution in [0, 0.1) is 0 Å². The first kappa shape index (κ1) is 19.3. The average molecular weight is 472 g/mol. The van der Waals surface area contributed by atoms with Gasteiger partial charge in [0.25, 0.3) is 0 Å². The molecule has 0 radical (unpaired) electrons. The fourth-order valence-corrected chi connectivity index (χ4v) is 5.99. The number of fused-ring (bicyclic) bond motifs is 4. The molecule has 172 valence electrons. The van der Waals surface area contributed by atoms with Crippen LogP contribution in [0.5, 0.6) is 11.5 Å². The molecule has 1 heteroatoms. The zero-order valence-corrected chi connectivity index (χ0v) is 20.0. The maximum Gasteiger partial charge on any atom is 0.135 e. The summed E-state index contributed by atoms with van der Waals surface area (Å²) in [5.74, 6) is 1.77. The molecule has 8 rings (SSSR count). The minimum atomic E-state index is 0.536. The minimum absolute atomic E-state index is 0.536. The monoisotopic (exact) mass is 471 g/mol. The maximum atomic E-state index is 8.98. The van der Waals surface area contributed by atoms with Gasteiger partial charge in [-0.05, 0) is 72.9 Å². The van der Waals surface area contributed by atoms with E-state index in [-0.39, 0.29) is 0 Å². The van der Waals surface area contributed by atoms with Crippen molar-refractivity contribution < 1.29 is 6.11 Å². The third-order valence-corrected chi connectivity index (χ3v) is 7.55. The predicted molar refractivity (Wildman–Crippen MR) is 155 cm³/mol. The molecule has 37 heavy (non-hydrogen) atoms. The fourth-order valence-electron chi connectivity index (χ4n) is 5.99. The van der Waals surface area contributed by atoms with Crippen LogP contribution in [-0.4, -0.2) is 0 Å². The topological polar surface area (TPSA) is 9.23 Å². The summed E-state index contributed by atoms with van der Waals surface area (Å²) in [7, 11) is 0. The van der Waals surface area contributed by atoms with Gasteiger partial charge < -0.3 is 4.74 Å². The molecule has 0 saturated heterocycles. The first-order valence-electron chi connectivity index (χ1n) is 13.1. The molecule has 7 aromatic carbocycles. The normalized spacial score (nSPS) is 12.4. The van der Waals surface area contributed by atoms with Gasteiger partial charge in [-0.1, -0.05) is 115 Å². The molecule has 0 fully saturated rings. The van der Waals surface area contributed by atoms with E-state index in [2.05, 4.69) is 97.1 Å². The highest BCUT2D eigenvalue weighted by atomic mass is 16.5. The van der Waals surface area contributed by atoms with Gasteiger partial charge in [-0.25, -0.2) is 0 Å². The molecule has 1 aliphatic rings. The number of hydrogen-bond acceptors (Lipinski definition) is 1. The van der Waals surface area contributed by atoms with E-state index < -0.39 is 0 Å². The summed E-state index contributed by atoms with van der Waals surface area (Å²) in [4.78, 5) is 0. The van der Waals surface area contributed by atoms with Gasteiger partial charge in [0.2, 0.25) is 0 Å². The molecule has 1 heterocycles. The molecular weight excluding hydrogens is 448 g/mol. The summed E-state index contributed by atoms with van der Waals surface area (Å²) < 4.78 is 15.4. The van der Waals surface area contributed by atoms with Gasteiger partial charge in [0.15, 0.2) is 0 Å². The van der Waals surface area contributed by atoms with Crippen LogP contribution in [0.4, 0.5) is 0 Å². The average Bonchev–Trinajstić information content (AvgIpc) is 2.97. The summed E-state index contributed by atoms with van der Waals surface area (Å²) >= 11 is 0. The lowest BCUT2D eigenvalue weighted by atomic mass is 9.85. The number of benzene rings is 7. The summed E-state index contributed by atoms with van der Waals surface area (Å²) in [6, 6.07) is 44.8. The molecule has 0 aromatic heterocycles. The molecule has 0 amide bonds. The maximum absolute atomic E-state index is 8.98. The third kappa shape index (κ3) is 2.98. The van der Waals surface area contributed by atoms with Crippen molar-refractivity contribution in [3.8, 4) is 44.9 Å². The zero-order valence-electron chi connectivity index (χ0n) is 21.0. The Morgan fingerprint density at radius 1 is 0.459 bits per heavy atom. The quantitative estimate of drug-likeness (QED) is 0.228. The molecule has 0 atom stereocenters. The smallest absolute Gasteiger partial charge is 0.135 e. The van der Waals surface area contributed by atoms with Crippen LogP contribution in [0.1, 0.15) is 1.37 Å². The van der Waals surface area contributed by atoms with Crippen LogP contribution in [0.2, 0.25) is 0 Å². The van der Waals surface area contributed by atoms with Crippen LogP contribution in [-0.2, 0) is 0 Å². The van der Waals surface area contributed by atoms with Crippen molar-refractivity contribution in [1.29, 1.82) is 0 Å². The lowest BCUT2D eigenvalue weighted by molar-refractivity contribution is 0.487. The van der Waals surface area contributed by atoms with E-state index in [1.54, 1.807) is 0 Å². The number of ether oxygens (including phenoxy) is 1. The van der Waals surface area contributed by atoms with E-state index in [0.717, 1.165) is 60.9 Å². The second-order valence-electron chi connectivity index (χ2n) is 9.59. The summed E-state index contributed by atoms with van der Waals surface area (Å²) in [6.45, 7) is 0. The van der Waals surface area contributed by atoms with Crippen molar-refractivity contribution in [3.63, 3.8) is 0 Å². The van der Waals surface area contributed by atoms with Crippen LogP contribution in [0.25, 0.3) is 65.7 Å². The Balaban J connectivity index is 1.48. The molecule has 0 spiro atoms. The van der Waals surface area contributed by atoms with Crippen LogP contribution in [0.15, 0.2) is 133 Å². The lowest BCUT2D eigenvalue weighted by Crippen LogP contribution is -1.97. The standard InChI is InChI=1S/C36H22O/c1-2-10-23(11-3-1)34-26-14-4-6-16-28(26)35(29-17-7-5-15-27(29)34)25-20-21-32-31(22-25)30-18-8-12-24-13-9-19-33(37-32)36(24)30/h1-22H/i14D. The lowest BCUT2D eigenvalue weighted by Gasteiger charge is -2.23. The Morgan fingerprint density at radius 2 is 1.14 bits per heavy atom. The number of hydrogen-bond donors (Lipinski definition) is 0. The summed E-state index contributed by atoms with van der Waals surface area (Å²) in [5, 5.41) is 6.74. The second kappa shape index (κ2) is 7.81. The van der Waals surface area contributed by atoms with E-state index in [4.69, 9.17) is 6.11 Å². The van der Waals surface area contributed by atoms with Gasteiger partial charge >= 0.3 is 0 Å². The molecule has 0 aliphatic carbocycles. The van der Waals surface area contributed by atoms with E-state index >= 15 is 0 Å². The molecule has 7 aromatic rings. The Kier molecular flexibility index (Phi) is 4.08. The highest BCUT2D eigenvalue weighted by molar-refractivity contribution is 6.21. The van der Waals surface area contributed by atoms with E-state index in [0.29, 0.717) is 6.04 Å². The SMILES string of the molecule is [2H]c1cccc2c(-c3ccc4c(c3)-c3cccc5cccc(c35)O4)c3ccccc3c(-c3ccccc3)c12. The highest BCUT2D eigenvalue weighted by Gasteiger charge is 2.22. The van der Waals surface area contributed by atoms with Gasteiger partial charge in [-0.15, -0.1) is 0 Å². The van der Waals surface area contributed by atoms with Gasteiger partial charge in [0.1, 0.15) is 11.5 Å². The molecule has 0 unspecified atom stereocenters. The Morgan fingerprint density at radius 3 is 1.95 bits per heavy atom. The third-order valence-electron chi connectivity index (χ3n) is 7.55. The molecular formula is C36H22O. The first-order valence-corrected chi connectivity index (χ1v) is 12.6. The zero-order chi connectivity index (χ0) is 25.2. The minimum Gasteiger partial charge on any atom is -0.456 e. The van der Waals surface area contributed by atoms with E-state index in [1.165, 1.54) is 16.3 Å². The van der Waals surface area contributed by atoms with Crippen molar-refractivity contribution in [2.24, 2.45) is 0 Å². The highest BCUT2D eigenvalue weighted by Crippen LogP contribution is 2.49. The predicted octanol–water partition coefficient (Wildman–Crippen LogP) is 10.3.